The Kier molecular flexibility index (Phi) is 3.62. The molecule has 1 aliphatic heterocycles. The second-order valence-corrected chi connectivity index (χ2v) is 4.99. The molecule has 1 aromatic carbocycles. The maximum atomic E-state index is 3.65. The van der Waals surface area contributed by atoms with Gasteiger partial charge in [-0.3, -0.25) is 0 Å². The molecule has 0 aromatic heterocycles. The van der Waals surface area contributed by atoms with E-state index in [1.165, 1.54) is 36.2 Å². The van der Waals surface area contributed by atoms with E-state index in [2.05, 4.69) is 49.3 Å². The van der Waals surface area contributed by atoms with Crippen LogP contribution in [0.1, 0.15) is 23.1 Å². The zero-order valence-electron chi connectivity index (χ0n) is 10.6. The quantitative estimate of drug-likeness (QED) is 0.836. The molecular formula is C14H22N2. The molecule has 1 aromatic rings. The summed E-state index contributed by atoms with van der Waals surface area (Å²) in [4.78, 5) is 2.39. The van der Waals surface area contributed by atoms with Crippen molar-refractivity contribution in [3.63, 3.8) is 0 Å². The summed E-state index contributed by atoms with van der Waals surface area (Å²) in [5.41, 5.74) is 4.26. The molecule has 2 nitrogen and oxygen atoms in total. The van der Waals surface area contributed by atoms with Gasteiger partial charge in [-0.05, 0) is 50.6 Å². The summed E-state index contributed by atoms with van der Waals surface area (Å²) in [7, 11) is 2.19. The van der Waals surface area contributed by atoms with Crippen LogP contribution in [0.4, 0.5) is 0 Å². The van der Waals surface area contributed by atoms with Crippen LogP contribution in [0.3, 0.4) is 0 Å². The molecule has 1 aliphatic rings. The van der Waals surface area contributed by atoms with E-state index in [4.69, 9.17) is 0 Å². The molecular weight excluding hydrogens is 196 g/mol. The van der Waals surface area contributed by atoms with Crippen LogP contribution in [0.25, 0.3) is 0 Å². The number of likely N-dealkylation sites (tertiary alicyclic amines) is 1. The first-order valence-corrected chi connectivity index (χ1v) is 6.14. The Morgan fingerprint density at radius 2 is 2.19 bits per heavy atom. The Hall–Kier alpha value is -0.860. The third-order valence-electron chi connectivity index (χ3n) is 3.69. The van der Waals surface area contributed by atoms with Crippen molar-refractivity contribution in [1.29, 1.82) is 0 Å². The van der Waals surface area contributed by atoms with E-state index in [-0.39, 0.29) is 0 Å². The number of nitrogens with zero attached hydrogens (tertiary/aromatic N) is 1. The van der Waals surface area contributed by atoms with Crippen LogP contribution in [0.2, 0.25) is 0 Å². The first-order chi connectivity index (χ1) is 7.66. The number of benzene rings is 1. The largest absolute Gasteiger partial charge is 0.309 e. The molecule has 1 fully saturated rings. The van der Waals surface area contributed by atoms with Crippen molar-refractivity contribution in [3.05, 3.63) is 34.9 Å². The maximum absolute atomic E-state index is 3.65. The zero-order valence-corrected chi connectivity index (χ0v) is 10.6. The van der Waals surface area contributed by atoms with Crippen LogP contribution in [0, 0.1) is 13.8 Å². The fraction of sp³-hybridized carbons (Fsp3) is 0.571. The highest BCUT2D eigenvalue weighted by molar-refractivity contribution is 5.32. The lowest BCUT2D eigenvalue weighted by atomic mass is 10.0. The molecule has 0 saturated carbocycles. The Bertz CT molecular complexity index is 360. The monoisotopic (exact) mass is 218 g/mol. The van der Waals surface area contributed by atoms with Crippen LogP contribution < -0.4 is 5.32 Å². The lowest BCUT2D eigenvalue weighted by Crippen LogP contribution is -2.31. The van der Waals surface area contributed by atoms with Gasteiger partial charge in [0.15, 0.2) is 0 Å². The van der Waals surface area contributed by atoms with Crippen LogP contribution in [-0.4, -0.2) is 31.1 Å². The van der Waals surface area contributed by atoms with Crippen molar-refractivity contribution in [2.45, 2.75) is 32.9 Å². The van der Waals surface area contributed by atoms with Crippen molar-refractivity contribution in [2.75, 3.05) is 20.1 Å². The van der Waals surface area contributed by atoms with E-state index in [0.29, 0.717) is 6.04 Å². The molecule has 0 spiro atoms. The molecule has 1 N–H and O–H groups in total. The van der Waals surface area contributed by atoms with Gasteiger partial charge in [0.2, 0.25) is 0 Å². The van der Waals surface area contributed by atoms with Gasteiger partial charge < -0.3 is 10.2 Å². The first kappa shape index (κ1) is 11.6. The smallest absolute Gasteiger partial charge is 0.0211 e. The molecule has 0 bridgehead atoms. The minimum atomic E-state index is 0.671. The molecule has 88 valence electrons. The summed E-state index contributed by atoms with van der Waals surface area (Å²) in [6.07, 6.45) is 1.28. The minimum Gasteiger partial charge on any atom is -0.309 e. The molecule has 0 amide bonds. The third kappa shape index (κ3) is 2.63. The van der Waals surface area contributed by atoms with Gasteiger partial charge >= 0.3 is 0 Å². The van der Waals surface area contributed by atoms with Crippen molar-refractivity contribution >= 4 is 0 Å². The number of hydrogen-bond donors (Lipinski definition) is 1. The molecule has 2 rings (SSSR count). The second kappa shape index (κ2) is 4.98. The average Bonchev–Trinajstić information content (AvgIpc) is 2.67. The van der Waals surface area contributed by atoms with E-state index < -0.39 is 0 Å². The van der Waals surface area contributed by atoms with Gasteiger partial charge in [-0.2, -0.15) is 0 Å². The van der Waals surface area contributed by atoms with Crippen LogP contribution in [0.15, 0.2) is 18.2 Å². The molecule has 16 heavy (non-hydrogen) atoms. The molecule has 1 saturated heterocycles. The van der Waals surface area contributed by atoms with Crippen LogP contribution in [0.5, 0.6) is 0 Å². The predicted octanol–water partition coefficient (Wildman–Crippen LogP) is 2.10. The van der Waals surface area contributed by atoms with Crippen molar-refractivity contribution < 1.29 is 0 Å². The van der Waals surface area contributed by atoms with Gasteiger partial charge in [0, 0.05) is 19.1 Å². The van der Waals surface area contributed by atoms with Crippen molar-refractivity contribution in [3.8, 4) is 0 Å². The topological polar surface area (TPSA) is 15.3 Å². The normalized spacial score (nSPS) is 21.6. The summed E-state index contributed by atoms with van der Waals surface area (Å²) in [6.45, 7) is 7.82. The van der Waals surface area contributed by atoms with Gasteiger partial charge in [-0.15, -0.1) is 0 Å². The second-order valence-electron chi connectivity index (χ2n) is 4.99. The molecule has 2 heteroatoms. The summed E-state index contributed by atoms with van der Waals surface area (Å²) < 4.78 is 0. The number of nitrogens with one attached hydrogen (secondary N) is 1. The summed E-state index contributed by atoms with van der Waals surface area (Å²) in [5.74, 6) is 0. The predicted molar refractivity (Wildman–Crippen MR) is 68.7 cm³/mol. The maximum Gasteiger partial charge on any atom is 0.0211 e. The van der Waals surface area contributed by atoms with E-state index in [9.17, 15) is 0 Å². The van der Waals surface area contributed by atoms with E-state index in [1.54, 1.807) is 0 Å². The fourth-order valence-electron chi connectivity index (χ4n) is 2.36. The summed E-state index contributed by atoms with van der Waals surface area (Å²) in [5, 5.41) is 3.65. The van der Waals surface area contributed by atoms with Crippen molar-refractivity contribution in [1.82, 2.24) is 10.2 Å². The molecule has 1 heterocycles. The van der Waals surface area contributed by atoms with Crippen LogP contribution in [-0.2, 0) is 6.54 Å². The third-order valence-corrected chi connectivity index (χ3v) is 3.69. The Labute approximate surface area is 98.7 Å². The Morgan fingerprint density at radius 1 is 1.38 bits per heavy atom. The summed E-state index contributed by atoms with van der Waals surface area (Å²) >= 11 is 0. The number of hydrogen-bond acceptors (Lipinski definition) is 2. The molecule has 0 radical (unpaired) electrons. The van der Waals surface area contributed by atoms with E-state index in [0.717, 1.165) is 6.54 Å². The number of aryl methyl sites for hydroxylation is 1. The van der Waals surface area contributed by atoms with Crippen LogP contribution >= 0.6 is 0 Å². The van der Waals surface area contributed by atoms with Gasteiger partial charge in [0.25, 0.3) is 0 Å². The molecule has 1 atom stereocenters. The summed E-state index contributed by atoms with van der Waals surface area (Å²) in [6, 6.07) is 7.24. The highest BCUT2D eigenvalue weighted by Crippen LogP contribution is 2.13. The number of rotatable bonds is 3. The molecule has 1 unspecified atom stereocenters. The zero-order chi connectivity index (χ0) is 11.5. The van der Waals surface area contributed by atoms with Crippen molar-refractivity contribution in [2.24, 2.45) is 0 Å². The lowest BCUT2D eigenvalue weighted by molar-refractivity contribution is 0.397. The number of likely N-dealkylation sites (N-methyl/N-ethyl adjacent to an activating group) is 1. The van der Waals surface area contributed by atoms with E-state index >= 15 is 0 Å². The highest BCUT2D eigenvalue weighted by atomic mass is 15.2. The lowest BCUT2D eigenvalue weighted by Gasteiger charge is -2.14. The van der Waals surface area contributed by atoms with Gasteiger partial charge in [0.05, 0.1) is 0 Å². The van der Waals surface area contributed by atoms with E-state index in [1.807, 2.05) is 0 Å². The standard InChI is InChI=1S/C14H22N2/c1-11-5-4-6-13(12(11)2)9-15-14-7-8-16(3)10-14/h4-6,14-15H,7-10H2,1-3H3. The SMILES string of the molecule is Cc1cccc(CNC2CCN(C)C2)c1C. The van der Waals surface area contributed by atoms with Gasteiger partial charge in [0.1, 0.15) is 0 Å². The first-order valence-electron chi connectivity index (χ1n) is 6.14. The Morgan fingerprint density at radius 3 is 2.88 bits per heavy atom. The Balaban J connectivity index is 1.92. The fourth-order valence-corrected chi connectivity index (χ4v) is 2.36. The molecule has 0 aliphatic carbocycles. The highest BCUT2D eigenvalue weighted by Gasteiger charge is 2.18. The van der Waals surface area contributed by atoms with Gasteiger partial charge in [-0.1, -0.05) is 18.2 Å². The minimum absolute atomic E-state index is 0.671. The average molecular weight is 218 g/mol. The van der Waals surface area contributed by atoms with Gasteiger partial charge in [-0.25, -0.2) is 0 Å².